The molecule has 0 amide bonds. The Hall–Kier alpha value is -2.27. The monoisotopic (exact) mass is 397 g/mol. The van der Waals surface area contributed by atoms with Gasteiger partial charge in [0.15, 0.2) is 11.5 Å². The van der Waals surface area contributed by atoms with Crippen molar-refractivity contribution >= 4 is 5.69 Å². The van der Waals surface area contributed by atoms with Gasteiger partial charge in [-0.25, -0.2) is 0 Å². The fraction of sp³-hybridized carbons (Fsp3) is 0.542. The van der Waals surface area contributed by atoms with E-state index in [0.717, 1.165) is 62.5 Å². The highest BCUT2D eigenvalue weighted by molar-refractivity contribution is 5.43. The van der Waals surface area contributed by atoms with Crippen molar-refractivity contribution in [2.75, 3.05) is 25.0 Å². The number of pyridine rings is 1. The minimum Gasteiger partial charge on any atom is -0.490 e. The number of likely N-dealkylation sites (tertiary alicyclic amines) is 1. The third-order valence-corrected chi connectivity index (χ3v) is 5.54. The van der Waals surface area contributed by atoms with Crippen LogP contribution >= 0.6 is 0 Å². The quantitative estimate of drug-likeness (QED) is 0.603. The lowest BCUT2D eigenvalue weighted by Gasteiger charge is -2.33. The van der Waals surface area contributed by atoms with E-state index in [1.165, 1.54) is 5.56 Å². The summed E-state index contributed by atoms with van der Waals surface area (Å²) in [5.74, 6) is 1.73. The second-order valence-electron chi connectivity index (χ2n) is 7.71. The minimum atomic E-state index is 0.242. The molecule has 1 aromatic carbocycles. The van der Waals surface area contributed by atoms with Gasteiger partial charge in [0.05, 0.1) is 18.4 Å². The molecule has 29 heavy (non-hydrogen) atoms. The van der Waals surface area contributed by atoms with Gasteiger partial charge >= 0.3 is 0 Å². The molecule has 1 saturated heterocycles. The zero-order valence-electron chi connectivity index (χ0n) is 18.1. The van der Waals surface area contributed by atoms with Gasteiger partial charge < -0.3 is 14.8 Å². The Kier molecular flexibility index (Phi) is 8.17. The van der Waals surface area contributed by atoms with Crippen molar-refractivity contribution in [1.82, 2.24) is 9.88 Å². The highest BCUT2D eigenvalue weighted by Crippen LogP contribution is 2.31. The summed E-state index contributed by atoms with van der Waals surface area (Å²) in [6.07, 6.45) is 8.24. The number of rotatable bonds is 10. The molecule has 158 valence electrons. The summed E-state index contributed by atoms with van der Waals surface area (Å²) in [5.41, 5.74) is 2.39. The van der Waals surface area contributed by atoms with Crippen LogP contribution in [-0.4, -0.2) is 41.7 Å². The van der Waals surface area contributed by atoms with Crippen molar-refractivity contribution in [3.8, 4) is 11.5 Å². The van der Waals surface area contributed by atoms with Crippen molar-refractivity contribution in [3.05, 3.63) is 48.3 Å². The average Bonchev–Trinajstić information content (AvgIpc) is 2.76. The molecular formula is C24H35N3O2. The van der Waals surface area contributed by atoms with Gasteiger partial charge in [-0.15, -0.1) is 0 Å². The number of piperidine rings is 1. The highest BCUT2D eigenvalue weighted by atomic mass is 16.5. The Balaban J connectivity index is 1.55. The van der Waals surface area contributed by atoms with Gasteiger partial charge in [0.25, 0.3) is 0 Å². The summed E-state index contributed by atoms with van der Waals surface area (Å²) in [7, 11) is 0. The van der Waals surface area contributed by atoms with Crippen LogP contribution in [0.2, 0.25) is 0 Å². The Morgan fingerprint density at radius 1 is 1.10 bits per heavy atom. The number of nitrogens with zero attached hydrogens (tertiary/aromatic N) is 2. The molecule has 5 nitrogen and oxygen atoms in total. The lowest BCUT2D eigenvalue weighted by Crippen LogP contribution is -2.38. The van der Waals surface area contributed by atoms with Crippen LogP contribution < -0.4 is 14.8 Å². The molecule has 3 rings (SSSR count). The number of ether oxygens (including phenoxy) is 2. The highest BCUT2D eigenvalue weighted by Gasteiger charge is 2.20. The molecule has 0 unspecified atom stereocenters. The van der Waals surface area contributed by atoms with Gasteiger partial charge in [0, 0.05) is 38.1 Å². The van der Waals surface area contributed by atoms with Crippen molar-refractivity contribution in [3.63, 3.8) is 0 Å². The number of hydrogen-bond donors (Lipinski definition) is 1. The van der Waals surface area contributed by atoms with E-state index < -0.39 is 0 Å². The first kappa shape index (κ1) is 21.4. The largest absolute Gasteiger partial charge is 0.490 e. The number of nitrogens with one attached hydrogen (secondary N) is 1. The van der Waals surface area contributed by atoms with Crippen LogP contribution in [0.25, 0.3) is 0 Å². The number of aromatic nitrogens is 1. The van der Waals surface area contributed by atoms with E-state index in [2.05, 4.69) is 53.3 Å². The van der Waals surface area contributed by atoms with E-state index in [1.807, 2.05) is 25.4 Å². The molecular weight excluding hydrogens is 362 g/mol. The van der Waals surface area contributed by atoms with Gasteiger partial charge in [0.1, 0.15) is 0 Å². The molecule has 1 fully saturated rings. The summed E-state index contributed by atoms with van der Waals surface area (Å²) >= 11 is 0. The molecule has 1 N–H and O–H groups in total. The third-order valence-electron chi connectivity index (χ3n) is 5.54. The van der Waals surface area contributed by atoms with Crippen LogP contribution in [-0.2, 0) is 6.54 Å². The average molecular weight is 398 g/mol. The van der Waals surface area contributed by atoms with Crippen LogP contribution in [0.1, 0.15) is 52.0 Å². The SMILES string of the molecule is CCOc1cc(CN2CCC(Nc3cccnc3)CC2)ccc1OC(CC)CC. The second-order valence-corrected chi connectivity index (χ2v) is 7.71. The lowest BCUT2D eigenvalue weighted by molar-refractivity contribution is 0.181. The lowest BCUT2D eigenvalue weighted by atomic mass is 10.0. The summed E-state index contributed by atoms with van der Waals surface area (Å²) in [6, 6.07) is 11.0. The fourth-order valence-electron chi connectivity index (χ4n) is 3.83. The number of benzene rings is 1. The van der Waals surface area contributed by atoms with Crippen molar-refractivity contribution in [2.45, 2.75) is 65.1 Å². The zero-order valence-corrected chi connectivity index (χ0v) is 18.1. The Labute approximate surface area is 175 Å². The van der Waals surface area contributed by atoms with Gasteiger partial charge in [-0.05, 0) is 62.4 Å². The van der Waals surface area contributed by atoms with Crippen LogP contribution in [0.3, 0.4) is 0 Å². The number of hydrogen-bond acceptors (Lipinski definition) is 5. The van der Waals surface area contributed by atoms with E-state index in [4.69, 9.17) is 9.47 Å². The minimum absolute atomic E-state index is 0.242. The molecule has 5 heteroatoms. The number of anilines is 1. The van der Waals surface area contributed by atoms with E-state index in [-0.39, 0.29) is 6.10 Å². The first-order valence-corrected chi connectivity index (χ1v) is 11.0. The molecule has 0 bridgehead atoms. The van der Waals surface area contributed by atoms with Crippen LogP contribution in [0.15, 0.2) is 42.7 Å². The fourth-order valence-corrected chi connectivity index (χ4v) is 3.83. The maximum absolute atomic E-state index is 6.16. The summed E-state index contributed by atoms with van der Waals surface area (Å²) in [4.78, 5) is 6.71. The van der Waals surface area contributed by atoms with E-state index >= 15 is 0 Å². The second kappa shape index (κ2) is 11.1. The van der Waals surface area contributed by atoms with Crippen molar-refractivity contribution < 1.29 is 9.47 Å². The summed E-state index contributed by atoms with van der Waals surface area (Å²) in [5, 5.41) is 3.60. The van der Waals surface area contributed by atoms with Crippen LogP contribution in [0.4, 0.5) is 5.69 Å². The molecule has 0 aliphatic carbocycles. The van der Waals surface area contributed by atoms with Gasteiger partial charge in [-0.3, -0.25) is 9.88 Å². The molecule has 1 aromatic heterocycles. The van der Waals surface area contributed by atoms with Gasteiger partial charge in [0.2, 0.25) is 0 Å². The van der Waals surface area contributed by atoms with Gasteiger partial charge in [-0.2, -0.15) is 0 Å². The first-order chi connectivity index (χ1) is 14.2. The molecule has 0 spiro atoms. The van der Waals surface area contributed by atoms with E-state index in [0.29, 0.717) is 12.6 Å². The molecule has 0 radical (unpaired) electrons. The summed E-state index contributed by atoms with van der Waals surface area (Å²) in [6.45, 7) is 10.1. The standard InChI is InChI=1S/C24H35N3O2/c1-4-22(5-2)29-23-10-9-19(16-24(23)28-6-3)18-27-14-11-20(12-15-27)26-21-8-7-13-25-17-21/h7-10,13,16-17,20,22,26H,4-6,11-12,14-15,18H2,1-3H3. The topological polar surface area (TPSA) is 46.6 Å². The molecule has 2 heterocycles. The molecule has 2 aromatic rings. The van der Waals surface area contributed by atoms with Crippen molar-refractivity contribution in [2.24, 2.45) is 0 Å². The van der Waals surface area contributed by atoms with Crippen molar-refractivity contribution in [1.29, 1.82) is 0 Å². The predicted octanol–water partition coefficient (Wildman–Crippen LogP) is 5.12. The molecule has 1 aliphatic rings. The third kappa shape index (κ3) is 6.36. The Morgan fingerprint density at radius 2 is 1.90 bits per heavy atom. The first-order valence-electron chi connectivity index (χ1n) is 11.0. The maximum atomic E-state index is 6.16. The molecule has 1 aliphatic heterocycles. The predicted molar refractivity (Wildman–Crippen MR) is 119 cm³/mol. The smallest absolute Gasteiger partial charge is 0.161 e. The normalized spacial score (nSPS) is 15.4. The zero-order chi connectivity index (χ0) is 20.5. The van der Waals surface area contributed by atoms with Gasteiger partial charge in [-0.1, -0.05) is 19.9 Å². The Morgan fingerprint density at radius 3 is 2.55 bits per heavy atom. The van der Waals surface area contributed by atoms with Crippen LogP contribution in [0, 0.1) is 0 Å². The van der Waals surface area contributed by atoms with Crippen LogP contribution in [0.5, 0.6) is 11.5 Å². The van der Waals surface area contributed by atoms with E-state index in [1.54, 1.807) is 0 Å². The maximum Gasteiger partial charge on any atom is 0.161 e. The molecule has 0 saturated carbocycles. The van der Waals surface area contributed by atoms with E-state index in [9.17, 15) is 0 Å². The summed E-state index contributed by atoms with van der Waals surface area (Å²) < 4.78 is 12.0. The Bertz CT molecular complexity index is 726. The molecule has 0 atom stereocenters.